The van der Waals surface area contributed by atoms with Gasteiger partial charge in [0.1, 0.15) is 68.4 Å². The van der Waals surface area contributed by atoms with Gasteiger partial charge >= 0.3 is 36.8 Å². The summed E-state index contributed by atoms with van der Waals surface area (Å²) in [5, 5.41) is 8.08. The van der Waals surface area contributed by atoms with Gasteiger partial charge in [-0.1, -0.05) is 36.0 Å². The first-order valence-electron chi connectivity index (χ1n) is 43.1. The molecule has 1 unspecified atom stereocenters. The molecular weight excluding hydrogens is 1760 g/mol. The van der Waals surface area contributed by atoms with Crippen LogP contribution in [0, 0.1) is 56.3 Å². The number of benzene rings is 3. The summed E-state index contributed by atoms with van der Waals surface area (Å²) in [6, 6.07) is 31.4. The molecule has 0 bridgehead atoms. The Morgan fingerprint density at radius 1 is 0.363 bits per heavy atom. The lowest BCUT2D eigenvalue weighted by Crippen LogP contribution is -2.38. The van der Waals surface area contributed by atoms with Crippen LogP contribution < -0.4 is 30.7 Å². The largest absolute Gasteiger partial charge is 0.444 e. The molecule has 135 heavy (non-hydrogen) atoms. The number of hydrogen-bond donors (Lipinski definition) is 3. The van der Waals surface area contributed by atoms with E-state index in [0.29, 0.717) is 149 Å². The third-order valence-corrected chi connectivity index (χ3v) is 20.8. The lowest BCUT2D eigenvalue weighted by Gasteiger charge is -2.28. The number of alkyl halides is 9. The van der Waals surface area contributed by atoms with Gasteiger partial charge in [0.05, 0.1) is 57.8 Å². The van der Waals surface area contributed by atoms with Gasteiger partial charge < -0.3 is 59.1 Å². The number of pyridine rings is 6. The second-order valence-electron chi connectivity index (χ2n) is 34.9. The summed E-state index contributed by atoms with van der Waals surface area (Å²) in [4.78, 5) is 111. The summed E-state index contributed by atoms with van der Waals surface area (Å²) in [7, 11) is 4.86. The molecule has 3 fully saturated rings. The number of aryl methyl sites for hydroxylation is 3. The van der Waals surface area contributed by atoms with Crippen LogP contribution in [0.5, 0.6) is 0 Å². The molecule has 36 heteroatoms. The van der Waals surface area contributed by atoms with Crippen LogP contribution in [0.25, 0.3) is 33.4 Å². The molecule has 0 aliphatic carbocycles. The van der Waals surface area contributed by atoms with E-state index in [4.69, 9.17) is 43.4 Å². The molecule has 3 aromatic carbocycles. The SMILES string of the molecule is Cc1ccc(NC(=O)c2ccnc(C(F)(F)F)c2)cc1-c1cc(C#CC(C)N(C)C(=O)OC(C)(C)C)nc(N2CCOCC2)c1.Cc1ccc(NC(=O)c2ccnc(C(F)(F)F)c2)cc1-c1cc(C#C[C@@H](C)N(C)C(=O)OC(C)(C)C)nc(N2CCOCC2)c1.Cc1ccc(NC(=O)c2ccnc(C(F)(F)F)c2)cc1-c1cc(C#C[C@H](C)N(C)C(=O)OC(C)(C)C)nc(N2CCOCC2)c1. The van der Waals surface area contributed by atoms with E-state index in [9.17, 15) is 68.3 Å². The van der Waals surface area contributed by atoms with Crippen molar-refractivity contribution in [1.29, 1.82) is 0 Å². The average Bonchev–Trinajstić information content (AvgIpc) is 0.809. The predicted octanol–water partition coefficient (Wildman–Crippen LogP) is 18.5. The van der Waals surface area contributed by atoms with Crippen molar-refractivity contribution in [3.63, 3.8) is 0 Å². The van der Waals surface area contributed by atoms with Crippen LogP contribution in [0.3, 0.4) is 0 Å². The second kappa shape index (κ2) is 44.3. The van der Waals surface area contributed by atoms with E-state index in [-0.39, 0.29) is 16.7 Å². The van der Waals surface area contributed by atoms with Crippen molar-refractivity contribution < 1.29 is 96.7 Å². The Hall–Kier alpha value is -13.9. The molecule has 3 N–H and O–H groups in total. The van der Waals surface area contributed by atoms with Crippen molar-refractivity contribution in [3.05, 3.63) is 214 Å². The minimum Gasteiger partial charge on any atom is -0.444 e. The molecule has 3 saturated heterocycles. The van der Waals surface area contributed by atoms with Gasteiger partial charge in [0.25, 0.3) is 17.7 Å². The summed E-state index contributed by atoms with van der Waals surface area (Å²) in [5.74, 6) is 18.6. The highest BCUT2D eigenvalue weighted by Crippen LogP contribution is 2.37. The zero-order chi connectivity index (χ0) is 98.8. The quantitative estimate of drug-likeness (QED) is 0.0488. The Morgan fingerprint density at radius 2 is 0.600 bits per heavy atom. The van der Waals surface area contributed by atoms with E-state index in [2.05, 4.69) is 81.1 Å². The first kappa shape index (κ1) is 103. The zero-order valence-corrected chi connectivity index (χ0v) is 78.2. The topological polar surface area (TPSA) is 291 Å². The third-order valence-electron chi connectivity index (χ3n) is 20.8. The van der Waals surface area contributed by atoms with Crippen LogP contribution in [-0.4, -0.2) is 216 Å². The Morgan fingerprint density at radius 3 is 0.822 bits per heavy atom. The maximum Gasteiger partial charge on any atom is 0.433 e. The average molecular weight is 1870 g/mol. The van der Waals surface area contributed by atoms with Crippen LogP contribution in [0.15, 0.2) is 146 Å². The van der Waals surface area contributed by atoms with Crippen molar-refractivity contribution in [1.82, 2.24) is 44.6 Å². The number of anilines is 6. The number of nitrogens with zero attached hydrogens (tertiary/aromatic N) is 12. The van der Waals surface area contributed by atoms with Crippen molar-refractivity contribution >= 4 is 70.5 Å². The molecule has 0 spiro atoms. The molecule has 3 atom stereocenters. The molecule has 12 rings (SSSR count). The Balaban J connectivity index is 0.000000209. The molecule has 6 aromatic heterocycles. The highest BCUT2D eigenvalue weighted by molar-refractivity contribution is 6.06. The normalized spacial score (nSPS) is 14.2. The van der Waals surface area contributed by atoms with E-state index in [1.54, 1.807) is 141 Å². The number of aromatic nitrogens is 6. The van der Waals surface area contributed by atoms with Gasteiger partial charge in [0.15, 0.2) is 0 Å². The summed E-state index contributed by atoms with van der Waals surface area (Å²) < 4.78 is 151. The number of hydrogen-bond acceptors (Lipinski definition) is 21. The van der Waals surface area contributed by atoms with Crippen molar-refractivity contribution in [2.24, 2.45) is 0 Å². The van der Waals surface area contributed by atoms with Crippen LogP contribution in [-0.2, 0) is 47.0 Å². The zero-order valence-electron chi connectivity index (χ0n) is 78.2. The maximum absolute atomic E-state index is 13.1. The van der Waals surface area contributed by atoms with Crippen LogP contribution in [0.2, 0.25) is 0 Å². The Kier molecular flexibility index (Phi) is 33.9. The number of carbonyl (C=O) groups excluding carboxylic acids is 6. The smallest absolute Gasteiger partial charge is 0.433 e. The Labute approximate surface area is 778 Å². The molecule has 6 amide bonds. The highest BCUT2D eigenvalue weighted by atomic mass is 19.4. The summed E-state index contributed by atoms with van der Waals surface area (Å²) in [5.41, 5.74) is 4.11. The Bertz CT molecular complexity index is 5430. The number of nitrogens with one attached hydrogen (secondary N) is 3. The lowest BCUT2D eigenvalue weighted by atomic mass is 9.99. The first-order valence-corrected chi connectivity index (χ1v) is 43.1. The van der Waals surface area contributed by atoms with E-state index >= 15 is 0 Å². The molecule has 3 aliphatic rings. The van der Waals surface area contributed by atoms with E-state index < -0.39 is 107 Å². The van der Waals surface area contributed by atoms with Crippen molar-refractivity contribution in [3.8, 4) is 68.9 Å². The number of ether oxygens (including phenoxy) is 6. The highest BCUT2D eigenvalue weighted by Gasteiger charge is 2.37. The number of morpholine rings is 3. The van der Waals surface area contributed by atoms with E-state index in [1.807, 2.05) is 75.4 Å². The molecule has 714 valence electrons. The fraction of sp³-hybridized carbons (Fsp3) is 0.394. The van der Waals surface area contributed by atoms with Crippen LogP contribution in [0.1, 0.15) is 165 Å². The monoisotopic (exact) mass is 1870 g/mol. The number of carbonyl (C=O) groups is 6. The van der Waals surface area contributed by atoms with E-state index in [1.165, 1.54) is 32.9 Å². The maximum atomic E-state index is 13.1. The van der Waals surface area contributed by atoms with Gasteiger partial charge in [-0.15, -0.1) is 0 Å². The number of halogens is 9. The van der Waals surface area contributed by atoms with Crippen LogP contribution in [0.4, 0.5) is 88.4 Å². The molecule has 9 heterocycles. The van der Waals surface area contributed by atoms with Gasteiger partial charge in [-0.2, -0.15) is 39.5 Å². The summed E-state index contributed by atoms with van der Waals surface area (Å²) >= 11 is 0. The van der Waals surface area contributed by atoms with E-state index in [0.717, 1.165) is 68.7 Å². The number of amides is 6. The molecular formula is C99H108F9N15O12. The molecule has 0 saturated carbocycles. The molecule has 27 nitrogen and oxygen atoms in total. The van der Waals surface area contributed by atoms with Gasteiger partial charge in [-0.3, -0.25) is 44.0 Å². The fourth-order valence-corrected chi connectivity index (χ4v) is 13.2. The predicted molar refractivity (Wildman–Crippen MR) is 495 cm³/mol. The minimum absolute atomic E-state index is 0.166. The fourth-order valence-electron chi connectivity index (χ4n) is 13.2. The number of rotatable bonds is 15. The molecule has 0 radical (unpaired) electrons. The first-order chi connectivity index (χ1) is 63.3. The van der Waals surface area contributed by atoms with Gasteiger partial charge in [-0.05, 0) is 281 Å². The van der Waals surface area contributed by atoms with Gasteiger partial charge in [-0.25, -0.2) is 29.3 Å². The molecule has 3 aliphatic heterocycles. The van der Waals surface area contributed by atoms with Crippen molar-refractivity contribution in [2.75, 3.05) is 131 Å². The van der Waals surface area contributed by atoms with Gasteiger partial charge in [0.2, 0.25) is 0 Å². The van der Waals surface area contributed by atoms with Gasteiger partial charge in [0, 0.05) is 113 Å². The lowest BCUT2D eigenvalue weighted by molar-refractivity contribution is -0.142. The van der Waals surface area contributed by atoms with Crippen LogP contribution >= 0.6 is 0 Å². The minimum atomic E-state index is -4.67. The summed E-state index contributed by atoms with van der Waals surface area (Å²) in [6.07, 6.45) is -12.6. The second-order valence-corrected chi connectivity index (χ2v) is 34.9. The van der Waals surface area contributed by atoms with Crippen molar-refractivity contribution in [2.45, 2.75) is 157 Å². The standard InChI is InChI=1S/3C33H36F3N5O4/c3*1-21-7-9-26(39-30(42)23-11-12-37-28(18-23)33(34,35)36)20-27(21)24-17-25(38-29(19-24)41-13-15-44-16-14-41)10-8-22(2)40(6)31(43)45-32(3,4)5/h3*7,9,11-12,17-20,22H,13-16H2,1-6H3,(H,39,42)/t2*22-;/m10./s1. The molecule has 9 aromatic rings. The third kappa shape index (κ3) is 30.3. The summed E-state index contributed by atoms with van der Waals surface area (Å²) in [6.45, 7) is 34.4.